The van der Waals surface area contributed by atoms with Gasteiger partial charge in [0.1, 0.15) is 0 Å². The summed E-state index contributed by atoms with van der Waals surface area (Å²) in [6, 6.07) is 0. The van der Waals surface area contributed by atoms with Gasteiger partial charge >= 0.3 is 0 Å². The van der Waals surface area contributed by atoms with Crippen molar-refractivity contribution < 1.29 is 0 Å². The third kappa shape index (κ3) is 2.98. The van der Waals surface area contributed by atoms with E-state index in [1.54, 1.807) is 0 Å². The number of likely N-dealkylation sites (tertiary alicyclic amines) is 1. The monoisotopic (exact) mass is 197 g/mol. The van der Waals surface area contributed by atoms with Crippen LogP contribution in [0.15, 0.2) is 0 Å². The summed E-state index contributed by atoms with van der Waals surface area (Å²) in [5.74, 6) is 0.918. The second kappa shape index (κ2) is 3.84. The van der Waals surface area contributed by atoms with Gasteiger partial charge in [-0.1, -0.05) is 20.8 Å². The summed E-state index contributed by atoms with van der Waals surface area (Å²) in [5, 5.41) is 0. The van der Waals surface area contributed by atoms with E-state index in [0.29, 0.717) is 11.0 Å². The van der Waals surface area contributed by atoms with Gasteiger partial charge in [-0.25, -0.2) is 0 Å². The van der Waals surface area contributed by atoms with Crippen molar-refractivity contribution >= 4 is 0 Å². The first kappa shape index (κ1) is 12.0. The first-order chi connectivity index (χ1) is 6.21. The summed E-state index contributed by atoms with van der Waals surface area (Å²) in [6.45, 7) is 16.7. The van der Waals surface area contributed by atoms with E-state index in [1.807, 2.05) is 0 Å². The zero-order valence-electron chi connectivity index (χ0n) is 10.9. The third-order valence-corrected chi connectivity index (χ3v) is 3.67. The van der Waals surface area contributed by atoms with Gasteiger partial charge in [0.15, 0.2) is 0 Å². The second-order valence-electron chi connectivity index (χ2n) is 6.80. The fraction of sp³-hybridized carbons (Fsp3) is 1.00. The van der Waals surface area contributed by atoms with Crippen LogP contribution in [0.2, 0.25) is 0 Å². The molecule has 0 unspecified atom stereocenters. The van der Waals surface area contributed by atoms with Crippen molar-refractivity contribution in [2.24, 2.45) is 11.3 Å². The fourth-order valence-electron chi connectivity index (χ4n) is 2.42. The minimum absolute atomic E-state index is 0.364. The van der Waals surface area contributed by atoms with Crippen LogP contribution in [-0.2, 0) is 0 Å². The predicted octanol–water partition coefficient (Wildman–Crippen LogP) is 3.54. The summed E-state index contributed by atoms with van der Waals surface area (Å²) in [7, 11) is 0. The van der Waals surface area contributed by atoms with E-state index >= 15 is 0 Å². The molecular formula is C13H27N. The van der Waals surface area contributed by atoms with E-state index in [0.717, 1.165) is 5.92 Å². The molecular weight excluding hydrogens is 170 g/mol. The van der Waals surface area contributed by atoms with Crippen molar-refractivity contribution in [1.82, 2.24) is 4.90 Å². The minimum Gasteiger partial charge on any atom is -0.298 e. The molecule has 1 saturated heterocycles. The van der Waals surface area contributed by atoms with Crippen LogP contribution in [0.4, 0.5) is 0 Å². The van der Waals surface area contributed by atoms with E-state index in [1.165, 1.54) is 25.9 Å². The van der Waals surface area contributed by atoms with Crippen molar-refractivity contribution in [2.75, 3.05) is 13.1 Å². The molecule has 1 rings (SSSR count). The van der Waals surface area contributed by atoms with Crippen molar-refractivity contribution in [3.63, 3.8) is 0 Å². The van der Waals surface area contributed by atoms with E-state index in [-0.39, 0.29) is 0 Å². The highest BCUT2D eigenvalue weighted by molar-refractivity contribution is 4.85. The topological polar surface area (TPSA) is 3.24 Å². The number of hydrogen-bond donors (Lipinski definition) is 0. The van der Waals surface area contributed by atoms with Crippen LogP contribution < -0.4 is 0 Å². The SMILES string of the molecule is CC(C)(C)C1CCN(C(C)(C)C)CC1. The van der Waals surface area contributed by atoms with Crippen LogP contribution in [0.1, 0.15) is 54.4 Å². The molecule has 0 saturated carbocycles. The smallest absolute Gasteiger partial charge is 0.0125 e. The quantitative estimate of drug-likeness (QED) is 0.574. The molecule has 1 nitrogen and oxygen atoms in total. The molecule has 0 aromatic rings. The first-order valence-electron chi connectivity index (χ1n) is 5.96. The van der Waals surface area contributed by atoms with E-state index in [9.17, 15) is 0 Å². The van der Waals surface area contributed by atoms with Gasteiger partial charge < -0.3 is 0 Å². The van der Waals surface area contributed by atoms with Crippen LogP contribution in [0.25, 0.3) is 0 Å². The lowest BCUT2D eigenvalue weighted by atomic mass is 9.75. The summed E-state index contributed by atoms with van der Waals surface area (Å²) < 4.78 is 0. The lowest BCUT2D eigenvalue weighted by Crippen LogP contribution is -2.47. The Morgan fingerprint density at radius 3 is 1.57 bits per heavy atom. The molecule has 1 heteroatoms. The molecule has 0 aliphatic carbocycles. The Kier molecular flexibility index (Phi) is 3.30. The van der Waals surface area contributed by atoms with Gasteiger partial charge in [0.2, 0.25) is 0 Å². The molecule has 0 spiro atoms. The summed E-state index contributed by atoms with van der Waals surface area (Å²) in [6.07, 6.45) is 2.75. The standard InChI is InChI=1S/C13H27N/c1-12(2,3)11-7-9-14(10-8-11)13(4,5)6/h11H,7-10H2,1-6H3. The Hall–Kier alpha value is -0.0400. The highest BCUT2D eigenvalue weighted by Crippen LogP contribution is 2.35. The second-order valence-corrected chi connectivity index (χ2v) is 6.80. The Labute approximate surface area is 89.9 Å². The molecule has 0 aromatic carbocycles. The van der Waals surface area contributed by atoms with Gasteiger partial charge in [-0.2, -0.15) is 0 Å². The molecule has 0 bridgehead atoms. The summed E-state index contributed by atoms with van der Waals surface area (Å²) >= 11 is 0. The van der Waals surface area contributed by atoms with Gasteiger partial charge in [0.25, 0.3) is 0 Å². The Balaban J connectivity index is 2.47. The number of rotatable bonds is 0. The van der Waals surface area contributed by atoms with E-state index < -0.39 is 0 Å². The third-order valence-electron chi connectivity index (χ3n) is 3.67. The molecule has 0 aromatic heterocycles. The lowest BCUT2D eigenvalue weighted by Gasteiger charge is -2.44. The lowest BCUT2D eigenvalue weighted by molar-refractivity contribution is 0.0532. The molecule has 84 valence electrons. The van der Waals surface area contributed by atoms with Crippen LogP contribution in [-0.4, -0.2) is 23.5 Å². The van der Waals surface area contributed by atoms with E-state index in [4.69, 9.17) is 0 Å². The van der Waals surface area contributed by atoms with E-state index in [2.05, 4.69) is 46.4 Å². The van der Waals surface area contributed by atoms with Crippen molar-refractivity contribution in [2.45, 2.75) is 59.9 Å². The van der Waals surface area contributed by atoms with Crippen LogP contribution in [0.5, 0.6) is 0 Å². The summed E-state index contributed by atoms with van der Waals surface area (Å²) in [4.78, 5) is 2.62. The predicted molar refractivity (Wildman–Crippen MR) is 63.5 cm³/mol. The fourth-order valence-corrected chi connectivity index (χ4v) is 2.42. The maximum Gasteiger partial charge on any atom is 0.0125 e. The number of hydrogen-bond acceptors (Lipinski definition) is 1. The zero-order valence-corrected chi connectivity index (χ0v) is 10.9. The molecule has 1 heterocycles. The molecule has 14 heavy (non-hydrogen) atoms. The van der Waals surface area contributed by atoms with Gasteiger partial charge in [0.05, 0.1) is 0 Å². The molecule has 1 aliphatic rings. The first-order valence-corrected chi connectivity index (χ1v) is 5.96. The number of nitrogens with zero attached hydrogens (tertiary/aromatic N) is 1. The molecule has 1 fully saturated rings. The van der Waals surface area contributed by atoms with Crippen LogP contribution >= 0.6 is 0 Å². The average molecular weight is 197 g/mol. The van der Waals surface area contributed by atoms with Gasteiger partial charge in [-0.15, -0.1) is 0 Å². The Bertz CT molecular complexity index is 152. The molecule has 1 aliphatic heterocycles. The van der Waals surface area contributed by atoms with Crippen molar-refractivity contribution in [3.05, 3.63) is 0 Å². The normalized spacial score (nSPS) is 22.7. The average Bonchev–Trinajstić information content (AvgIpc) is 2.01. The van der Waals surface area contributed by atoms with Gasteiger partial charge in [-0.3, -0.25) is 4.90 Å². The van der Waals surface area contributed by atoms with Crippen LogP contribution in [0, 0.1) is 11.3 Å². The Morgan fingerprint density at radius 1 is 0.857 bits per heavy atom. The maximum atomic E-state index is 2.62. The van der Waals surface area contributed by atoms with Crippen molar-refractivity contribution in [3.8, 4) is 0 Å². The van der Waals surface area contributed by atoms with Crippen molar-refractivity contribution in [1.29, 1.82) is 0 Å². The highest BCUT2D eigenvalue weighted by Gasteiger charge is 2.32. The molecule has 0 amide bonds. The zero-order chi connectivity index (χ0) is 11.0. The molecule has 0 radical (unpaired) electrons. The summed E-state index contributed by atoms with van der Waals surface area (Å²) in [5.41, 5.74) is 0.868. The molecule has 0 N–H and O–H groups in total. The largest absolute Gasteiger partial charge is 0.298 e. The highest BCUT2D eigenvalue weighted by atomic mass is 15.2. The Morgan fingerprint density at radius 2 is 1.29 bits per heavy atom. The number of piperidine rings is 1. The van der Waals surface area contributed by atoms with Gasteiger partial charge in [-0.05, 0) is 58.0 Å². The molecule has 0 atom stereocenters. The maximum absolute atomic E-state index is 2.62. The minimum atomic E-state index is 0.364. The van der Waals surface area contributed by atoms with Gasteiger partial charge in [0, 0.05) is 5.54 Å². The van der Waals surface area contributed by atoms with Crippen LogP contribution in [0.3, 0.4) is 0 Å².